The van der Waals surface area contributed by atoms with Gasteiger partial charge in [0.05, 0.1) is 5.52 Å². The highest BCUT2D eigenvalue weighted by Crippen LogP contribution is 2.22. The van der Waals surface area contributed by atoms with E-state index in [1.807, 2.05) is 47.1 Å². The van der Waals surface area contributed by atoms with E-state index in [4.69, 9.17) is 0 Å². The lowest BCUT2D eigenvalue weighted by molar-refractivity contribution is 0.630. The largest absolute Gasteiger partial charge is 0.272 e. The Morgan fingerprint density at radius 1 is 0.917 bits per heavy atom. The summed E-state index contributed by atoms with van der Waals surface area (Å²) in [6.45, 7) is 2.63. The zero-order valence-corrected chi connectivity index (χ0v) is 14.0. The van der Waals surface area contributed by atoms with Crippen molar-refractivity contribution < 1.29 is 0 Å². The van der Waals surface area contributed by atoms with E-state index in [9.17, 15) is 0 Å². The van der Waals surface area contributed by atoms with Crippen LogP contribution >= 0.6 is 11.8 Å². The Bertz CT molecular complexity index is 960. The first-order valence-corrected chi connectivity index (χ1v) is 8.76. The molecule has 7 heteroatoms. The van der Waals surface area contributed by atoms with Crippen molar-refractivity contribution in [1.82, 2.24) is 29.8 Å². The lowest BCUT2D eigenvalue weighted by Gasteiger charge is -2.09. The Hall–Kier alpha value is -2.67. The summed E-state index contributed by atoms with van der Waals surface area (Å²) in [5.41, 5.74) is 2.93. The fourth-order valence-corrected chi connectivity index (χ4v) is 3.33. The molecule has 0 amide bonds. The molecule has 0 saturated heterocycles. The third kappa shape index (κ3) is 2.67. The summed E-state index contributed by atoms with van der Waals surface area (Å²) < 4.78 is 3.95. The van der Waals surface area contributed by atoms with E-state index >= 15 is 0 Å². The number of nitrogens with zero attached hydrogens (tertiary/aromatic N) is 6. The summed E-state index contributed by atoms with van der Waals surface area (Å²) in [5.74, 6) is 1.78. The molecule has 120 valence electrons. The van der Waals surface area contributed by atoms with Crippen LogP contribution in [0, 0.1) is 0 Å². The van der Waals surface area contributed by atoms with Gasteiger partial charge in [0.15, 0.2) is 11.0 Å². The van der Waals surface area contributed by atoms with Gasteiger partial charge in [-0.25, -0.2) is 4.68 Å². The number of hydrogen-bond acceptors (Lipinski definition) is 5. The minimum absolute atomic E-state index is 0.521. The quantitative estimate of drug-likeness (QED) is 0.524. The fraction of sp³-hybridized carbons (Fsp3) is 0.176. The van der Waals surface area contributed by atoms with Crippen LogP contribution in [-0.4, -0.2) is 35.5 Å². The zero-order chi connectivity index (χ0) is 16.4. The van der Waals surface area contributed by atoms with Crippen molar-refractivity contribution in [2.24, 2.45) is 0 Å². The van der Waals surface area contributed by atoms with Crippen LogP contribution in [0.4, 0.5) is 0 Å². The van der Waals surface area contributed by atoms with Gasteiger partial charge in [-0.15, -0.1) is 15.3 Å². The Balaban J connectivity index is 1.78. The molecule has 0 spiro atoms. The van der Waals surface area contributed by atoms with Crippen molar-refractivity contribution in [2.75, 3.05) is 5.75 Å². The highest BCUT2D eigenvalue weighted by Gasteiger charge is 2.15. The number of thioether (sulfide) groups is 1. The molecule has 0 aliphatic heterocycles. The number of benzene rings is 2. The molecule has 0 aliphatic rings. The molecule has 0 atom stereocenters. The maximum atomic E-state index is 4.40. The SMILES string of the molecule is CCSc1nnc(Cn2nnc3ccccc32)n1-c1ccccc1. The van der Waals surface area contributed by atoms with E-state index in [1.54, 1.807) is 11.8 Å². The number of fused-ring (bicyclic) bond motifs is 1. The maximum Gasteiger partial charge on any atom is 0.195 e. The average molecular weight is 336 g/mol. The lowest BCUT2D eigenvalue weighted by atomic mass is 10.3. The molecule has 0 saturated carbocycles. The van der Waals surface area contributed by atoms with Gasteiger partial charge in [-0.1, -0.05) is 54.2 Å². The molecule has 0 radical (unpaired) electrons. The Labute approximate surface area is 143 Å². The van der Waals surface area contributed by atoms with E-state index in [2.05, 4.69) is 44.1 Å². The summed E-state index contributed by atoms with van der Waals surface area (Å²) in [6, 6.07) is 18.1. The van der Waals surface area contributed by atoms with Crippen molar-refractivity contribution >= 4 is 22.8 Å². The predicted molar refractivity (Wildman–Crippen MR) is 94.4 cm³/mol. The molecular formula is C17H16N6S. The first-order valence-electron chi connectivity index (χ1n) is 7.77. The van der Waals surface area contributed by atoms with Crippen LogP contribution in [-0.2, 0) is 6.54 Å². The van der Waals surface area contributed by atoms with Gasteiger partial charge < -0.3 is 0 Å². The van der Waals surface area contributed by atoms with E-state index < -0.39 is 0 Å². The van der Waals surface area contributed by atoms with Crippen LogP contribution in [0.5, 0.6) is 0 Å². The van der Waals surface area contributed by atoms with Crippen LogP contribution in [0.1, 0.15) is 12.7 Å². The maximum absolute atomic E-state index is 4.40. The Morgan fingerprint density at radius 3 is 2.54 bits per heavy atom. The molecule has 2 heterocycles. The molecule has 24 heavy (non-hydrogen) atoms. The topological polar surface area (TPSA) is 61.4 Å². The predicted octanol–water partition coefficient (Wildman–Crippen LogP) is 3.17. The summed E-state index contributed by atoms with van der Waals surface area (Å²) in [4.78, 5) is 0. The number of aromatic nitrogens is 6. The average Bonchev–Trinajstić information content (AvgIpc) is 3.21. The normalized spacial score (nSPS) is 11.2. The molecular weight excluding hydrogens is 320 g/mol. The smallest absolute Gasteiger partial charge is 0.195 e. The second-order valence-corrected chi connectivity index (χ2v) is 6.47. The van der Waals surface area contributed by atoms with E-state index in [1.165, 1.54) is 0 Å². The Morgan fingerprint density at radius 2 is 1.71 bits per heavy atom. The third-order valence-electron chi connectivity index (χ3n) is 3.70. The molecule has 0 bridgehead atoms. The molecule has 0 fully saturated rings. The lowest BCUT2D eigenvalue weighted by Crippen LogP contribution is -2.09. The zero-order valence-electron chi connectivity index (χ0n) is 13.2. The summed E-state index contributed by atoms with van der Waals surface area (Å²) in [6.07, 6.45) is 0. The number of hydrogen-bond donors (Lipinski definition) is 0. The first-order chi connectivity index (χ1) is 11.9. The summed E-state index contributed by atoms with van der Waals surface area (Å²) >= 11 is 1.68. The molecule has 0 aliphatic carbocycles. The Kier molecular flexibility index (Phi) is 4.00. The molecule has 0 N–H and O–H groups in total. The van der Waals surface area contributed by atoms with Crippen LogP contribution < -0.4 is 0 Å². The van der Waals surface area contributed by atoms with Gasteiger partial charge in [-0.3, -0.25) is 4.57 Å². The molecule has 6 nitrogen and oxygen atoms in total. The van der Waals surface area contributed by atoms with Gasteiger partial charge in [-0.05, 0) is 30.0 Å². The van der Waals surface area contributed by atoms with Gasteiger partial charge >= 0.3 is 0 Å². The van der Waals surface area contributed by atoms with Gasteiger partial charge in [0.25, 0.3) is 0 Å². The van der Waals surface area contributed by atoms with Crippen LogP contribution in [0.2, 0.25) is 0 Å². The van der Waals surface area contributed by atoms with Crippen molar-refractivity contribution in [1.29, 1.82) is 0 Å². The minimum Gasteiger partial charge on any atom is -0.272 e. The molecule has 4 rings (SSSR count). The van der Waals surface area contributed by atoms with Crippen LogP contribution in [0.3, 0.4) is 0 Å². The van der Waals surface area contributed by atoms with Crippen molar-refractivity contribution in [3.63, 3.8) is 0 Å². The van der Waals surface area contributed by atoms with Gasteiger partial charge in [0, 0.05) is 5.69 Å². The molecule has 4 aromatic rings. The second kappa shape index (κ2) is 6.45. The minimum atomic E-state index is 0.521. The van der Waals surface area contributed by atoms with Gasteiger partial charge in [-0.2, -0.15) is 0 Å². The van der Waals surface area contributed by atoms with E-state index in [0.29, 0.717) is 6.54 Å². The summed E-state index contributed by atoms with van der Waals surface area (Å²) in [7, 11) is 0. The highest BCUT2D eigenvalue weighted by atomic mass is 32.2. The fourth-order valence-electron chi connectivity index (χ4n) is 2.63. The third-order valence-corrected chi connectivity index (χ3v) is 4.51. The second-order valence-electron chi connectivity index (χ2n) is 5.24. The standard InChI is InChI=1S/C17H16N6S/c1-2-24-17-20-19-16(23(17)13-8-4-3-5-9-13)12-22-15-11-7-6-10-14(15)18-21-22/h3-11H,2,12H2,1H3. The highest BCUT2D eigenvalue weighted by molar-refractivity contribution is 7.99. The van der Waals surface area contributed by atoms with Crippen molar-refractivity contribution in [3.8, 4) is 5.69 Å². The van der Waals surface area contributed by atoms with E-state index in [-0.39, 0.29) is 0 Å². The van der Waals surface area contributed by atoms with Crippen LogP contribution in [0.15, 0.2) is 59.8 Å². The molecule has 2 aromatic carbocycles. The van der Waals surface area contributed by atoms with Crippen molar-refractivity contribution in [2.45, 2.75) is 18.6 Å². The van der Waals surface area contributed by atoms with Gasteiger partial charge in [0.2, 0.25) is 0 Å². The number of rotatable bonds is 5. The van der Waals surface area contributed by atoms with Crippen molar-refractivity contribution in [3.05, 3.63) is 60.4 Å². The summed E-state index contributed by atoms with van der Waals surface area (Å²) in [5, 5.41) is 18.1. The monoisotopic (exact) mass is 336 g/mol. The van der Waals surface area contributed by atoms with E-state index in [0.717, 1.165) is 33.5 Å². The first kappa shape index (κ1) is 14.9. The molecule has 2 aromatic heterocycles. The molecule has 0 unspecified atom stereocenters. The van der Waals surface area contributed by atoms with Crippen LogP contribution in [0.25, 0.3) is 16.7 Å². The number of para-hydroxylation sites is 2. The van der Waals surface area contributed by atoms with Gasteiger partial charge in [0.1, 0.15) is 12.1 Å².